The van der Waals surface area contributed by atoms with Crippen LogP contribution in [0.25, 0.3) is 0 Å². The van der Waals surface area contributed by atoms with Crippen LogP contribution in [0.4, 0.5) is 10.1 Å². The van der Waals surface area contributed by atoms with Crippen molar-refractivity contribution in [1.29, 1.82) is 0 Å². The Bertz CT molecular complexity index is 562. The SMILES string of the molecule is CCCCCN(C(C)C)S(=O)(=O)c1cc(N)c(C)c(F)c1. The number of rotatable bonds is 7. The van der Waals surface area contributed by atoms with E-state index in [1.807, 2.05) is 13.8 Å². The molecule has 1 rings (SSSR count). The van der Waals surface area contributed by atoms with Crippen molar-refractivity contribution < 1.29 is 12.8 Å². The molecule has 0 radical (unpaired) electrons. The molecule has 120 valence electrons. The molecule has 0 spiro atoms. The van der Waals surface area contributed by atoms with E-state index >= 15 is 0 Å². The standard InChI is InChI=1S/C15H25FN2O2S/c1-5-6-7-8-18(11(2)3)21(19,20)13-9-14(16)12(4)15(17)10-13/h9-11H,5-8,17H2,1-4H3. The van der Waals surface area contributed by atoms with E-state index in [-0.39, 0.29) is 22.2 Å². The van der Waals surface area contributed by atoms with Crippen LogP contribution in [0.3, 0.4) is 0 Å². The highest BCUT2D eigenvalue weighted by Crippen LogP contribution is 2.25. The zero-order chi connectivity index (χ0) is 16.2. The fourth-order valence-electron chi connectivity index (χ4n) is 2.13. The Morgan fingerprint density at radius 3 is 2.38 bits per heavy atom. The molecule has 21 heavy (non-hydrogen) atoms. The fraction of sp³-hybridized carbons (Fsp3) is 0.600. The predicted molar refractivity (Wildman–Crippen MR) is 84.1 cm³/mol. The van der Waals surface area contributed by atoms with Crippen molar-refractivity contribution in [3.8, 4) is 0 Å². The van der Waals surface area contributed by atoms with Gasteiger partial charge in [-0.25, -0.2) is 12.8 Å². The summed E-state index contributed by atoms with van der Waals surface area (Å²) in [4.78, 5) is -0.0756. The van der Waals surface area contributed by atoms with E-state index < -0.39 is 15.8 Å². The zero-order valence-corrected chi connectivity index (χ0v) is 14.0. The number of benzene rings is 1. The smallest absolute Gasteiger partial charge is 0.243 e. The topological polar surface area (TPSA) is 63.4 Å². The zero-order valence-electron chi connectivity index (χ0n) is 13.2. The summed E-state index contributed by atoms with van der Waals surface area (Å²) >= 11 is 0. The molecule has 0 saturated heterocycles. The largest absolute Gasteiger partial charge is 0.398 e. The lowest BCUT2D eigenvalue weighted by Crippen LogP contribution is -2.37. The number of nitrogen functional groups attached to an aromatic ring is 1. The van der Waals surface area contributed by atoms with Gasteiger partial charge in [0.1, 0.15) is 5.82 Å². The van der Waals surface area contributed by atoms with E-state index in [1.54, 1.807) is 0 Å². The third-order valence-corrected chi connectivity index (χ3v) is 5.58. The minimum Gasteiger partial charge on any atom is -0.398 e. The maximum atomic E-state index is 13.8. The Kier molecular flexibility index (Phi) is 6.16. The molecule has 0 heterocycles. The molecule has 1 aromatic carbocycles. The highest BCUT2D eigenvalue weighted by Gasteiger charge is 2.27. The molecule has 0 bridgehead atoms. The monoisotopic (exact) mass is 316 g/mol. The summed E-state index contributed by atoms with van der Waals surface area (Å²) in [6.07, 6.45) is 2.76. The number of hydrogen-bond donors (Lipinski definition) is 1. The van der Waals surface area contributed by atoms with E-state index in [4.69, 9.17) is 5.73 Å². The van der Waals surface area contributed by atoms with E-state index in [0.29, 0.717) is 6.54 Å². The van der Waals surface area contributed by atoms with Crippen molar-refractivity contribution in [3.05, 3.63) is 23.5 Å². The molecule has 1 aromatic rings. The van der Waals surface area contributed by atoms with Crippen molar-refractivity contribution >= 4 is 15.7 Å². The van der Waals surface area contributed by atoms with Gasteiger partial charge >= 0.3 is 0 Å². The molecule has 0 saturated carbocycles. The van der Waals surface area contributed by atoms with E-state index in [1.165, 1.54) is 17.3 Å². The predicted octanol–water partition coefficient (Wildman–Crippen LogP) is 3.31. The number of nitrogens with two attached hydrogens (primary N) is 1. The third-order valence-electron chi connectivity index (χ3n) is 3.52. The summed E-state index contributed by atoms with van der Waals surface area (Å²) in [6, 6.07) is 2.21. The summed E-state index contributed by atoms with van der Waals surface area (Å²) in [5, 5.41) is 0. The molecule has 0 aliphatic rings. The average molecular weight is 316 g/mol. The lowest BCUT2D eigenvalue weighted by Gasteiger charge is -2.26. The highest BCUT2D eigenvalue weighted by atomic mass is 32.2. The van der Waals surface area contributed by atoms with Gasteiger partial charge in [0.25, 0.3) is 0 Å². The first kappa shape index (κ1) is 17.9. The van der Waals surface area contributed by atoms with Crippen LogP contribution in [-0.4, -0.2) is 25.3 Å². The second kappa shape index (κ2) is 7.22. The van der Waals surface area contributed by atoms with Gasteiger partial charge in [0.2, 0.25) is 10.0 Å². The Balaban J connectivity index is 3.17. The molecule has 0 fully saturated rings. The second-order valence-electron chi connectivity index (χ2n) is 5.54. The minimum absolute atomic E-state index is 0.0756. The van der Waals surface area contributed by atoms with Gasteiger partial charge in [-0.15, -0.1) is 0 Å². The van der Waals surface area contributed by atoms with E-state index in [0.717, 1.165) is 25.3 Å². The van der Waals surface area contributed by atoms with Crippen LogP contribution in [0, 0.1) is 12.7 Å². The van der Waals surface area contributed by atoms with Crippen LogP contribution >= 0.6 is 0 Å². The molecule has 0 aromatic heterocycles. The van der Waals surface area contributed by atoms with Crippen LogP contribution in [0.5, 0.6) is 0 Å². The molecule has 4 nitrogen and oxygen atoms in total. The molecule has 0 aliphatic heterocycles. The van der Waals surface area contributed by atoms with Gasteiger partial charge in [0.05, 0.1) is 4.90 Å². The van der Waals surface area contributed by atoms with Gasteiger partial charge < -0.3 is 5.73 Å². The van der Waals surface area contributed by atoms with Gasteiger partial charge in [-0.05, 0) is 39.3 Å². The van der Waals surface area contributed by atoms with Crippen LogP contribution in [0.15, 0.2) is 17.0 Å². The molecular weight excluding hydrogens is 291 g/mol. The molecular formula is C15H25FN2O2S. The van der Waals surface area contributed by atoms with E-state index in [2.05, 4.69) is 6.92 Å². The summed E-state index contributed by atoms with van der Waals surface area (Å²) in [7, 11) is -3.73. The molecule has 6 heteroatoms. The van der Waals surface area contributed by atoms with Gasteiger partial charge in [0.15, 0.2) is 0 Å². The minimum atomic E-state index is -3.73. The fourth-order valence-corrected chi connectivity index (χ4v) is 3.86. The van der Waals surface area contributed by atoms with Crippen LogP contribution in [-0.2, 0) is 10.0 Å². The molecule has 0 amide bonds. The van der Waals surface area contributed by atoms with E-state index in [9.17, 15) is 12.8 Å². The summed E-state index contributed by atoms with van der Waals surface area (Å²) in [5.74, 6) is -0.592. The second-order valence-corrected chi connectivity index (χ2v) is 7.43. The van der Waals surface area contributed by atoms with Crippen LogP contribution in [0.2, 0.25) is 0 Å². The summed E-state index contributed by atoms with van der Waals surface area (Å²) in [5.41, 5.74) is 6.13. The van der Waals surface area contributed by atoms with Crippen molar-refractivity contribution in [2.45, 2.75) is 57.9 Å². The number of nitrogens with zero attached hydrogens (tertiary/aromatic N) is 1. The number of hydrogen-bond acceptors (Lipinski definition) is 3. The lowest BCUT2D eigenvalue weighted by molar-refractivity contribution is 0.345. The van der Waals surface area contributed by atoms with Crippen molar-refractivity contribution in [2.24, 2.45) is 0 Å². The first-order valence-electron chi connectivity index (χ1n) is 7.29. The molecule has 2 N–H and O–H groups in total. The molecule has 0 unspecified atom stereocenters. The summed E-state index contributed by atoms with van der Waals surface area (Å²) in [6.45, 7) is 7.66. The molecule has 0 aliphatic carbocycles. The number of anilines is 1. The highest BCUT2D eigenvalue weighted by molar-refractivity contribution is 7.89. The third kappa shape index (κ3) is 4.17. The van der Waals surface area contributed by atoms with Gasteiger partial charge in [-0.3, -0.25) is 0 Å². The Morgan fingerprint density at radius 1 is 1.29 bits per heavy atom. The molecule has 0 atom stereocenters. The van der Waals surface area contributed by atoms with Gasteiger partial charge in [-0.1, -0.05) is 19.8 Å². The van der Waals surface area contributed by atoms with Gasteiger partial charge in [0, 0.05) is 23.8 Å². The Hall–Kier alpha value is -1.14. The van der Waals surface area contributed by atoms with Crippen LogP contribution in [0.1, 0.15) is 45.6 Å². The van der Waals surface area contributed by atoms with Crippen LogP contribution < -0.4 is 5.73 Å². The van der Waals surface area contributed by atoms with Gasteiger partial charge in [-0.2, -0.15) is 4.31 Å². The maximum absolute atomic E-state index is 13.8. The number of halogens is 1. The Morgan fingerprint density at radius 2 is 1.90 bits per heavy atom. The maximum Gasteiger partial charge on any atom is 0.243 e. The lowest BCUT2D eigenvalue weighted by atomic mass is 10.2. The first-order chi connectivity index (χ1) is 9.71. The Labute approximate surface area is 127 Å². The normalized spacial score (nSPS) is 12.3. The van der Waals surface area contributed by atoms with Crippen molar-refractivity contribution in [2.75, 3.05) is 12.3 Å². The average Bonchev–Trinajstić information content (AvgIpc) is 2.39. The quantitative estimate of drug-likeness (QED) is 0.620. The van der Waals surface area contributed by atoms with Crippen molar-refractivity contribution in [1.82, 2.24) is 4.31 Å². The number of unbranched alkanes of at least 4 members (excludes halogenated alkanes) is 2. The van der Waals surface area contributed by atoms with Crippen molar-refractivity contribution in [3.63, 3.8) is 0 Å². The summed E-state index contributed by atoms with van der Waals surface area (Å²) < 4.78 is 40.6. The first-order valence-corrected chi connectivity index (χ1v) is 8.73. The number of sulfonamides is 1.